The molecule has 1 saturated heterocycles. The fourth-order valence-electron chi connectivity index (χ4n) is 4.32. The zero-order valence-electron chi connectivity index (χ0n) is 18.5. The topological polar surface area (TPSA) is 112 Å². The van der Waals surface area contributed by atoms with Crippen LogP contribution >= 0.6 is 0 Å². The van der Waals surface area contributed by atoms with Gasteiger partial charge in [0, 0.05) is 67.8 Å². The zero-order valence-corrected chi connectivity index (χ0v) is 18.5. The van der Waals surface area contributed by atoms with E-state index in [2.05, 4.69) is 36.6 Å². The largest absolute Gasteiger partial charge is 0.365 e. The molecule has 3 N–H and O–H groups in total. The number of hydrogen-bond donors (Lipinski definition) is 3. The summed E-state index contributed by atoms with van der Waals surface area (Å²) in [5, 5.41) is 7.05. The summed E-state index contributed by atoms with van der Waals surface area (Å²) in [4.78, 5) is 35.1. The van der Waals surface area contributed by atoms with Gasteiger partial charge < -0.3 is 20.5 Å². The van der Waals surface area contributed by atoms with Gasteiger partial charge in [0.15, 0.2) is 0 Å². The Balaban J connectivity index is 1.36. The molecular weight excluding hydrogens is 416 g/mol. The van der Waals surface area contributed by atoms with Crippen molar-refractivity contribution in [2.45, 2.75) is 25.3 Å². The Morgan fingerprint density at radius 1 is 1.15 bits per heavy atom. The Morgan fingerprint density at radius 3 is 2.82 bits per heavy atom. The quantitative estimate of drug-likeness (QED) is 0.436. The number of rotatable bonds is 5. The van der Waals surface area contributed by atoms with Gasteiger partial charge >= 0.3 is 6.03 Å². The summed E-state index contributed by atoms with van der Waals surface area (Å²) in [5.74, 6) is 1.07. The molecule has 4 aromatic heterocycles. The SMILES string of the molecule is CNC(=O)N1CCC(c2cc3c(-c4cncc(NCc5cccnc5)n4)ccnc3[nH]2)CC1. The van der Waals surface area contributed by atoms with Crippen molar-refractivity contribution >= 4 is 22.9 Å². The molecule has 9 nitrogen and oxygen atoms in total. The minimum Gasteiger partial charge on any atom is -0.365 e. The maximum absolute atomic E-state index is 11.9. The summed E-state index contributed by atoms with van der Waals surface area (Å²) in [6.45, 7) is 2.12. The molecule has 0 bridgehead atoms. The number of piperidine rings is 1. The summed E-state index contributed by atoms with van der Waals surface area (Å²) in [6.07, 6.45) is 10.7. The molecule has 0 atom stereocenters. The molecule has 2 amide bonds. The van der Waals surface area contributed by atoms with Crippen molar-refractivity contribution in [1.82, 2.24) is 35.1 Å². The number of anilines is 1. The molecule has 1 aliphatic rings. The average Bonchev–Trinajstić information content (AvgIpc) is 3.32. The number of H-pyrrole nitrogens is 1. The number of likely N-dealkylation sites (tertiary alicyclic amines) is 1. The molecule has 0 radical (unpaired) electrons. The number of nitrogens with zero attached hydrogens (tertiary/aromatic N) is 5. The van der Waals surface area contributed by atoms with Gasteiger partial charge in [-0.2, -0.15) is 0 Å². The first-order chi connectivity index (χ1) is 16.2. The summed E-state index contributed by atoms with van der Waals surface area (Å²) in [5.41, 5.74) is 4.85. The first kappa shape index (κ1) is 20.9. The summed E-state index contributed by atoms with van der Waals surface area (Å²) in [6, 6.07) is 8.07. The van der Waals surface area contributed by atoms with Crippen LogP contribution in [0.3, 0.4) is 0 Å². The summed E-state index contributed by atoms with van der Waals surface area (Å²) >= 11 is 0. The number of aromatic nitrogens is 5. The van der Waals surface area contributed by atoms with E-state index in [0.29, 0.717) is 18.3 Å². The van der Waals surface area contributed by atoms with Crippen molar-refractivity contribution in [1.29, 1.82) is 0 Å². The highest BCUT2D eigenvalue weighted by Gasteiger charge is 2.25. The molecule has 33 heavy (non-hydrogen) atoms. The van der Waals surface area contributed by atoms with Crippen molar-refractivity contribution in [3.63, 3.8) is 0 Å². The third kappa shape index (κ3) is 4.48. The normalized spacial score (nSPS) is 14.4. The maximum Gasteiger partial charge on any atom is 0.317 e. The number of hydrogen-bond acceptors (Lipinski definition) is 6. The predicted octanol–water partition coefficient (Wildman–Crippen LogP) is 3.55. The second kappa shape index (κ2) is 9.23. The number of aromatic amines is 1. The zero-order chi connectivity index (χ0) is 22.6. The number of urea groups is 1. The number of pyridine rings is 2. The first-order valence-electron chi connectivity index (χ1n) is 11.1. The highest BCUT2D eigenvalue weighted by molar-refractivity contribution is 5.92. The second-order valence-electron chi connectivity index (χ2n) is 8.17. The van der Waals surface area contributed by atoms with Gasteiger partial charge in [0.25, 0.3) is 0 Å². The van der Waals surface area contributed by atoms with E-state index in [1.165, 1.54) is 0 Å². The van der Waals surface area contributed by atoms with Gasteiger partial charge in [0.2, 0.25) is 0 Å². The van der Waals surface area contributed by atoms with Crippen LogP contribution in [0.5, 0.6) is 0 Å². The van der Waals surface area contributed by atoms with Crippen LogP contribution in [0.1, 0.15) is 30.0 Å². The third-order valence-corrected chi connectivity index (χ3v) is 6.10. The lowest BCUT2D eigenvalue weighted by atomic mass is 9.93. The molecule has 1 aliphatic heterocycles. The molecule has 1 fully saturated rings. The van der Waals surface area contributed by atoms with E-state index in [9.17, 15) is 4.79 Å². The first-order valence-corrected chi connectivity index (χ1v) is 11.1. The van der Waals surface area contributed by atoms with Crippen molar-refractivity contribution in [3.05, 3.63) is 66.5 Å². The molecule has 5 heterocycles. The lowest BCUT2D eigenvalue weighted by Crippen LogP contribution is -2.42. The van der Waals surface area contributed by atoms with Crippen LogP contribution in [-0.4, -0.2) is 56.0 Å². The molecule has 0 unspecified atom stereocenters. The van der Waals surface area contributed by atoms with Gasteiger partial charge in [-0.25, -0.2) is 14.8 Å². The molecular formula is C24H26N8O. The smallest absolute Gasteiger partial charge is 0.317 e. The average molecular weight is 443 g/mol. The Labute approximate surface area is 191 Å². The van der Waals surface area contributed by atoms with Crippen LogP contribution in [0, 0.1) is 0 Å². The number of carbonyl (C=O) groups excluding carboxylic acids is 1. The standard InChI is InChI=1S/C24H26N8O/c1-25-24(33)32-9-5-17(6-10-32)20-11-19-18(4-8-28-23(19)31-20)21-14-27-15-22(30-21)29-13-16-3-2-7-26-12-16/h2-4,7-8,11-12,14-15,17H,5-6,9-10,13H2,1H3,(H,25,33)(H,28,31)(H,29,30). The van der Waals surface area contributed by atoms with Crippen LogP contribution in [0.2, 0.25) is 0 Å². The van der Waals surface area contributed by atoms with Crippen molar-refractivity contribution in [2.75, 3.05) is 25.5 Å². The Bertz CT molecular complexity index is 1250. The van der Waals surface area contributed by atoms with Crippen molar-refractivity contribution < 1.29 is 4.79 Å². The molecule has 0 saturated carbocycles. The summed E-state index contributed by atoms with van der Waals surface area (Å²) < 4.78 is 0. The minimum absolute atomic E-state index is 0.00959. The predicted molar refractivity (Wildman–Crippen MR) is 127 cm³/mol. The van der Waals surface area contributed by atoms with Gasteiger partial charge in [-0.3, -0.25) is 9.97 Å². The lowest BCUT2D eigenvalue weighted by molar-refractivity contribution is 0.183. The molecule has 0 aromatic carbocycles. The highest BCUT2D eigenvalue weighted by Crippen LogP contribution is 2.33. The Hall–Kier alpha value is -4.01. The molecule has 0 aliphatic carbocycles. The van der Waals surface area contributed by atoms with E-state index in [0.717, 1.165) is 59.5 Å². The van der Waals surface area contributed by atoms with Crippen LogP contribution in [-0.2, 0) is 6.54 Å². The monoisotopic (exact) mass is 442 g/mol. The fourth-order valence-corrected chi connectivity index (χ4v) is 4.32. The van der Waals surface area contributed by atoms with Crippen molar-refractivity contribution in [3.8, 4) is 11.3 Å². The van der Waals surface area contributed by atoms with Gasteiger partial charge in [-0.15, -0.1) is 0 Å². The van der Waals surface area contributed by atoms with Gasteiger partial charge in [-0.05, 0) is 36.6 Å². The van der Waals surface area contributed by atoms with Crippen LogP contribution in [0.25, 0.3) is 22.3 Å². The van der Waals surface area contributed by atoms with E-state index in [1.54, 1.807) is 31.8 Å². The number of nitrogens with one attached hydrogen (secondary N) is 3. The molecule has 168 valence electrons. The van der Waals surface area contributed by atoms with E-state index in [-0.39, 0.29) is 6.03 Å². The van der Waals surface area contributed by atoms with E-state index in [4.69, 9.17) is 4.98 Å². The van der Waals surface area contributed by atoms with Crippen LogP contribution in [0.4, 0.5) is 10.6 Å². The Morgan fingerprint density at radius 2 is 2.03 bits per heavy atom. The third-order valence-electron chi connectivity index (χ3n) is 6.10. The lowest BCUT2D eigenvalue weighted by Gasteiger charge is -2.31. The molecule has 0 spiro atoms. The molecule has 5 rings (SSSR count). The molecule has 9 heteroatoms. The van der Waals surface area contributed by atoms with E-state index >= 15 is 0 Å². The second-order valence-corrected chi connectivity index (χ2v) is 8.17. The number of amides is 2. The van der Waals surface area contributed by atoms with Crippen LogP contribution in [0.15, 0.2) is 55.2 Å². The fraction of sp³-hybridized carbons (Fsp3) is 0.292. The summed E-state index contributed by atoms with van der Waals surface area (Å²) in [7, 11) is 1.67. The van der Waals surface area contributed by atoms with Gasteiger partial charge in [0.1, 0.15) is 11.5 Å². The van der Waals surface area contributed by atoms with E-state index in [1.807, 2.05) is 29.3 Å². The number of fused-ring (bicyclic) bond motifs is 1. The molecule has 4 aromatic rings. The van der Waals surface area contributed by atoms with Crippen LogP contribution < -0.4 is 10.6 Å². The van der Waals surface area contributed by atoms with Gasteiger partial charge in [0.05, 0.1) is 18.1 Å². The minimum atomic E-state index is -0.00959. The van der Waals surface area contributed by atoms with Gasteiger partial charge in [-0.1, -0.05) is 6.07 Å². The Kier molecular flexibility index (Phi) is 5.84. The number of carbonyl (C=O) groups is 1. The van der Waals surface area contributed by atoms with E-state index < -0.39 is 0 Å². The van der Waals surface area contributed by atoms with Crippen molar-refractivity contribution in [2.24, 2.45) is 0 Å². The highest BCUT2D eigenvalue weighted by atomic mass is 16.2. The maximum atomic E-state index is 11.9.